The van der Waals surface area contributed by atoms with Crippen molar-refractivity contribution in [2.75, 3.05) is 13.1 Å². The Morgan fingerprint density at radius 3 is 2.89 bits per heavy atom. The number of carbonyl (C=O) groups excluding carboxylic acids is 1. The molecule has 1 unspecified atom stereocenters. The quantitative estimate of drug-likeness (QED) is 0.767. The Morgan fingerprint density at radius 1 is 1.33 bits per heavy atom. The first kappa shape index (κ1) is 10.8. The lowest BCUT2D eigenvalue weighted by molar-refractivity contribution is -0.121. The van der Waals surface area contributed by atoms with Crippen LogP contribution in [0.5, 0.6) is 0 Å². The molecule has 2 aromatic heterocycles. The smallest absolute Gasteiger partial charge is 0.245 e. The minimum Gasteiger partial charge on any atom is -0.353 e. The summed E-state index contributed by atoms with van der Waals surface area (Å²) in [4.78, 5) is 19.3. The molecule has 1 saturated heterocycles. The van der Waals surface area contributed by atoms with Gasteiger partial charge in [-0.1, -0.05) is 5.16 Å². The van der Waals surface area contributed by atoms with Gasteiger partial charge < -0.3 is 9.84 Å². The van der Waals surface area contributed by atoms with Gasteiger partial charge in [-0.15, -0.1) is 0 Å². The van der Waals surface area contributed by atoms with Crippen molar-refractivity contribution >= 4 is 5.91 Å². The largest absolute Gasteiger partial charge is 0.353 e. The summed E-state index contributed by atoms with van der Waals surface area (Å²) in [5.41, 5.74) is 0.847. The molecule has 1 atom stereocenters. The molecule has 3 rings (SSSR count). The van der Waals surface area contributed by atoms with Crippen molar-refractivity contribution in [2.45, 2.75) is 6.04 Å². The van der Waals surface area contributed by atoms with Crippen LogP contribution in [0.15, 0.2) is 29.0 Å². The number of carbonyl (C=O) groups is 1. The SMILES string of the molecule is O=C1CNC(c2nc(-c3ccncc3)no2)CN1. The molecular weight excluding hydrogens is 234 g/mol. The Morgan fingerprint density at radius 2 is 2.17 bits per heavy atom. The van der Waals surface area contributed by atoms with Crippen LogP contribution in [0.2, 0.25) is 0 Å². The molecule has 7 heteroatoms. The summed E-state index contributed by atoms with van der Waals surface area (Å²) in [7, 11) is 0. The monoisotopic (exact) mass is 245 g/mol. The molecule has 1 aliphatic rings. The average molecular weight is 245 g/mol. The van der Waals surface area contributed by atoms with Crippen molar-refractivity contribution in [3.8, 4) is 11.4 Å². The van der Waals surface area contributed by atoms with Crippen LogP contribution in [0.3, 0.4) is 0 Å². The van der Waals surface area contributed by atoms with Gasteiger partial charge in [0, 0.05) is 24.5 Å². The Kier molecular flexibility index (Phi) is 2.73. The minimum absolute atomic E-state index is 0.0277. The maximum atomic E-state index is 11.0. The average Bonchev–Trinajstić information content (AvgIpc) is 2.90. The van der Waals surface area contributed by atoms with E-state index in [0.29, 0.717) is 18.3 Å². The summed E-state index contributed by atoms with van der Waals surface area (Å²) in [5, 5.41) is 9.68. The maximum absolute atomic E-state index is 11.0. The van der Waals surface area contributed by atoms with Crippen LogP contribution in [-0.2, 0) is 4.79 Å². The second-order valence-electron chi connectivity index (χ2n) is 3.93. The summed E-state index contributed by atoms with van der Waals surface area (Å²) in [6, 6.07) is 3.49. The third kappa shape index (κ3) is 2.07. The van der Waals surface area contributed by atoms with Crippen LogP contribution in [0, 0.1) is 0 Å². The van der Waals surface area contributed by atoms with Gasteiger partial charge >= 0.3 is 0 Å². The van der Waals surface area contributed by atoms with Crippen LogP contribution in [0.25, 0.3) is 11.4 Å². The predicted molar refractivity (Wildman–Crippen MR) is 61.3 cm³/mol. The van der Waals surface area contributed by atoms with Crippen molar-refractivity contribution in [2.24, 2.45) is 0 Å². The molecule has 0 aliphatic carbocycles. The van der Waals surface area contributed by atoms with Crippen molar-refractivity contribution < 1.29 is 9.32 Å². The molecule has 0 aromatic carbocycles. The zero-order valence-corrected chi connectivity index (χ0v) is 9.46. The van der Waals surface area contributed by atoms with E-state index >= 15 is 0 Å². The highest BCUT2D eigenvalue weighted by molar-refractivity contribution is 5.78. The topological polar surface area (TPSA) is 92.9 Å². The van der Waals surface area contributed by atoms with Gasteiger partial charge in [0.25, 0.3) is 0 Å². The van der Waals surface area contributed by atoms with Gasteiger partial charge in [-0.2, -0.15) is 4.98 Å². The maximum Gasteiger partial charge on any atom is 0.245 e. The van der Waals surface area contributed by atoms with Crippen LogP contribution in [0.1, 0.15) is 11.9 Å². The molecule has 1 fully saturated rings. The molecule has 0 spiro atoms. The number of pyridine rings is 1. The third-order valence-electron chi connectivity index (χ3n) is 2.69. The Labute approximate surface area is 103 Å². The van der Waals surface area contributed by atoms with Crippen molar-refractivity contribution in [1.82, 2.24) is 25.8 Å². The molecule has 0 bridgehead atoms. The lowest BCUT2D eigenvalue weighted by atomic mass is 10.2. The van der Waals surface area contributed by atoms with Crippen molar-refractivity contribution in [3.63, 3.8) is 0 Å². The first-order valence-electron chi connectivity index (χ1n) is 5.57. The molecule has 1 aliphatic heterocycles. The van der Waals surface area contributed by atoms with E-state index in [-0.39, 0.29) is 18.5 Å². The minimum atomic E-state index is -0.134. The summed E-state index contributed by atoms with van der Waals surface area (Å²) < 4.78 is 5.20. The fourth-order valence-corrected chi connectivity index (χ4v) is 1.74. The summed E-state index contributed by atoms with van der Waals surface area (Å²) in [5.74, 6) is 0.966. The Balaban J connectivity index is 1.80. The fraction of sp³-hybridized carbons (Fsp3) is 0.273. The number of nitrogens with zero attached hydrogens (tertiary/aromatic N) is 3. The van der Waals surface area contributed by atoms with Gasteiger partial charge in [0.2, 0.25) is 17.6 Å². The van der Waals surface area contributed by atoms with Crippen LogP contribution in [-0.4, -0.2) is 34.1 Å². The number of rotatable bonds is 2. The molecule has 92 valence electrons. The highest BCUT2D eigenvalue weighted by atomic mass is 16.5. The first-order chi connectivity index (χ1) is 8.83. The number of aromatic nitrogens is 3. The van der Waals surface area contributed by atoms with Gasteiger partial charge in [-0.3, -0.25) is 15.1 Å². The number of hydrogen-bond donors (Lipinski definition) is 2. The number of amides is 1. The van der Waals surface area contributed by atoms with Crippen molar-refractivity contribution in [3.05, 3.63) is 30.4 Å². The summed E-state index contributed by atoms with van der Waals surface area (Å²) in [6.07, 6.45) is 3.34. The van der Waals surface area contributed by atoms with E-state index in [2.05, 4.69) is 25.8 Å². The van der Waals surface area contributed by atoms with E-state index in [1.54, 1.807) is 12.4 Å². The van der Waals surface area contributed by atoms with E-state index in [1.165, 1.54) is 0 Å². The third-order valence-corrected chi connectivity index (χ3v) is 2.69. The molecule has 7 nitrogen and oxygen atoms in total. The number of piperazine rings is 1. The molecule has 2 aromatic rings. The molecule has 3 heterocycles. The van der Waals surface area contributed by atoms with Crippen LogP contribution < -0.4 is 10.6 Å². The molecule has 0 saturated carbocycles. The molecular formula is C11H11N5O2. The Bertz CT molecular complexity index is 544. The molecule has 2 N–H and O–H groups in total. The first-order valence-corrected chi connectivity index (χ1v) is 5.57. The second kappa shape index (κ2) is 4.53. The highest BCUT2D eigenvalue weighted by Crippen LogP contribution is 2.18. The van der Waals surface area contributed by atoms with E-state index in [9.17, 15) is 4.79 Å². The standard InChI is InChI=1S/C11H11N5O2/c17-9-6-13-8(5-14-9)11-15-10(16-18-11)7-1-3-12-4-2-7/h1-4,8,13H,5-6H2,(H,14,17). The lowest BCUT2D eigenvalue weighted by Gasteiger charge is -2.20. The van der Waals surface area contributed by atoms with Crippen LogP contribution >= 0.6 is 0 Å². The van der Waals surface area contributed by atoms with Gasteiger partial charge in [0.05, 0.1) is 6.54 Å². The number of nitrogens with one attached hydrogen (secondary N) is 2. The predicted octanol–water partition coefficient (Wildman–Crippen LogP) is -0.108. The van der Waals surface area contributed by atoms with Gasteiger partial charge in [0.15, 0.2) is 0 Å². The normalized spacial score (nSPS) is 19.6. The number of hydrogen-bond acceptors (Lipinski definition) is 6. The molecule has 0 radical (unpaired) electrons. The van der Waals surface area contributed by atoms with E-state index in [4.69, 9.17) is 4.52 Å². The zero-order chi connectivity index (χ0) is 12.4. The Hall–Kier alpha value is -2.28. The van der Waals surface area contributed by atoms with E-state index in [0.717, 1.165) is 5.56 Å². The zero-order valence-electron chi connectivity index (χ0n) is 9.46. The fourth-order valence-electron chi connectivity index (χ4n) is 1.74. The summed E-state index contributed by atoms with van der Waals surface area (Å²) in [6.45, 7) is 0.717. The van der Waals surface area contributed by atoms with Crippen molar-refractivity contribution in [1.29, 1.82) is 0 Å². The molecule has 18 heavy (non-hydrogen) atoms. The van der Waals surface area contributed by atoms with Gasteiger partial charge in [-0.25, -0.2) is 0 Å². The lowest BCUT2D eigenvalue weighted by Crippen LogP contribution is -2.47. The van der Waals surface area contributed by atoms with Gasteiger partial charge in [-0.05, 0) is 12.1 Å². The van der Waals surface area contributed by atoms with E-state index < -0.39 is 0 Å². The summed E-state index contributed by atoms with van der Waals surface area (Å²) >= 11 is 0. The molecule has 1 amide bonds. The van der Waals surface area contributed by atoms with Crippen LogP contribution in [0.4, 0.5) is 0 Å². The van der Waals surface area contributed by atoms with E-state index in [1.807, 2.05) is 12.1 Å². The second-order valence-corrected chi connectivity index (χ2v) is 3.93. The highest BCUT2D eigenvalue weighted by Gasteiger charge is 2.24. The van der Waals surface area contributed by atoms with Gasteiger partial charge in [0.1, 0.15) is 6.04 Å².